The Morgan fingerprint density at radius 3 is 2.94 bits per heavy atom. The fourth-order valence-corrected chi connectivity index (χ4v) is 2.26. The SMILES string of the molecule is COC1CCC(Nc2ccc(N)c(C#N)c2)C1. The van der Waals surface area contributed by atoms with Crippen molar-refractivity contribution in [3.8, 4) is 6.07 Å². The van der Waals surface area contributed by atoms with Crippen LogP contribution in [-0.4, -0.2) is 19.3 Å². The van der Waals surface area contributed by atoms with E-state index in [0.29, 0.717) is 23.4 Å². The lowest BCUT2D eigenvalue weighted by molar-refractivity contribution is 0.108. The van der Waals surface area contributed by atoms with Gasteiger partial charge in [-0.25, -0.2) is 0 Å². The highest BCUT2D eigenvalue weighted by molar-refractivity contribution is 5.62. The Kier molecular flexibility index (Phi) is 3.50. The molecular weight excluding hydrogens is 214 g/mol. The third-order valence-corrected chi connectivity index (χ3v) is 3.26. The van der Waals surface area contributed by atoms with Gasteiger partial charge in [0.15, 0.2) is 0 Å². The zero-order valence-electron chi connectivity index (χ0n) is 9.94. The summed E-state index contributed by atoms with van der Waals surface area (Å²) in [5, 5.41) is 12.3. The molecule has 0 aromatic heterocycles. The highest BCUT2D eigenvalue weighted by Crippen LogP contribution is 2.26. The first kappa shape index (κ1) is 11.7. The monoisotopic (exact) mass is 231 g/mol. The van der Waals surface area contributed by atoms with Gasteiger partial charge in [0.25, 0.3) is 0 Å². The van der Waals surface area contributed by atoms with Crippen molar-refractivity contribution < 1.29 is 4.74 Å². The quantitative estimate of drug-likeness (QED) is 0.782. The molecule has 2 rings (SSSR count). The van der Waals surface area contributed by atoms with E-state index in [-0.39, 0.29) is 0 Å². The summed E-state index contributed by atoms with van der Waals surface area (Å²) in [4.78, 5) is 0. The Bertz CT molecular complexity index is 439. The minimum Gasteiger partial charge on any atom is -0.398 e. The maximum atomic E-state index is 8.91. The molecule has 3 N–H and O–H groups in total. The van der Waals surface area contributed by atoms with Crippen LogP contribution < -0.4 is 11.1 Å². The number of anilines is 2. The fraction of sp³-hybridized carbons (Fsp3) is 0.462. The fourth-order valence-electron chi connectivity index (χ4n) is 2.26. The molecule has 2 atom stereocenters. The molecule has 0 heterocycles. The van der Waals surface area contributed by atoms with Crippen LogP contribution in [0, 0.1) is 11.3 Å². The highest BCUT2D eigenvalue weighted by atomic mass is 16.5. The first-order chi connectivity index (χ1) is 8.22. The number of nitrogen functional groups attached to an aromatic ring is 1. The molecule has 0 radical (unpaired) electrons. The second kappa shape index (κ2) is 5.07. The van der Waals surface area contributed by atoms with Crippen LogP contribution in [0.25, 0.3) is 0 Å². The molecule has 4 heteroatoms. The van der Waals surface area contributed by atoms with E-state index in [1.54, 1.807) is 19.2 Å². The van der Waals surface area contributed by atoms with Crippen molar-refractivity contribution in [3.05, 3.63) is 23.8 Å². The van der Waals surface area contributed by atoms with E-state index in [1.165, 1.54) is 0 Å². The van der Waals surface area contributed by atoms with Gasteiger partial charge in [0.2, 0.25) is 0 Å². The van der Waals surface area contributed by atoms with Gasteiger partial charge >= 0.3 is 0 Å². The Morgan fingerprint density at radius 1 is 1.47 bits per heavy atom. The Hall–Kier alpha value is -1.73. The molecule has 1 aliphatic carbocycles. The lowest BCUT2D eigenvalue weighted by Crippen LogP contribution is -2.17. The third-order valence-electron chi connectivity index (χ3n) is 3.26. The van der Waals surface area contributed by atoms with Crippen molar-refractivity contribution in [1.82, 2.24) is 0 Å². The second-order valence-corrected chi connectivity index (χ2v) is 4.43. The molecule has 0 aliphatic heterocycles. The van der Waals surface area contributed by atoms with Gasteiger partial charge in [0.05, 0.1) is 11.7 Å². The number of methoxy groups -OCH3 is 1. The Morgan fingerprint density at radius 2 is 2.29 bits per heavy atom. The topological polar surface area (TPSA) is 71.1 Å². The minimum absolute atomic E-state index is 0.358. The van der Waals surface area contributed by atoms with Crippen LogP contribution in [0.5, 0.6) is 0 Å². The number of nitrogens with two attached hydrogens (primary N) is 1. The molecule has 0 amide bonds. The summed E-state index contributed by atoms with van der Waals surface area (Å²) in [5.41, 5.74) is 7.69. The summed E-state index contributed by atoms with van der Waals surface area (Å²) < 4.78 is 5.33. The zero-order valence-corrected chi connectivity index (χ0v) is 9.94. The maximum absolute atomic E-state index is 8.91. The van der Waals surface area contributed by atoms with Crippen molar-refractivity contribution in [2.75, 3.05) is 18.2 Å². The number of hydrogen-bond donors (Lipinski definition) is 2. The molecule has 2 unspecified atom stereocenters. The first-order valence-electron chi connectivity index (χ1n) is 5.82. The van der Waals surface area contributed by atoms with Crippen molar-refractivity contribution in [2.45, 2.75) is 31.4 Å². The van der Waals surface area contributed by atoms with E-state index >= 15 is 0 Å². The Balaban J connectivity index is 2.02. The lowest BCUT2D eigenvalue weighted by atomic mass is 10.1. The molecule has 4 nitrogen and oxygen atoms in total. The second-order valence-electron chi connectivity index (χ2n) is 4.43. The van der Waals surface area contributed by atoms with Crippen LogP contribution in [0.15, 0.2) is 18.2 Å². The molecule has 0 saturated heterocycles. The predicted molar refractivity (Wildman–Crippen MR) is 67.6 cm³/mol. The number of benzene rings is 1. The van der Waals surface area contributed by atoms with Crippen LogP contribution in [0.4, 0.5) is 11.4 Å². The van der Waals surface area contributed by atoms with Crippen LogP contribution >= 0.6 is 0 Å². The summed E-state index contributed by atoms with van der Waals surface area (Å²) in [6.07, 6.45) is 3.57. The van der Waals surface area contributed by atoms with E-state index in [9.17, 15) is 0 Å². The number of hydrogen-bond acceptors (Lipinski definition) is 4. The van der Waals surface area contributed by atoms with Crippen molar-refractivity contribution >= 4 is 11.4 Å². The molecule has 17 heavy (non-hydrogen) atoms. The molecule has 1 aromatic carbocycles. The van der Waals surface area contributed by atoms with Crippen molar-refractivity contribution in [2.24, 2.45) is 0 Å². The molecular formula is C13H17N3O. The molecule has 1 saturated carbocycles. The van der Waals surface area contributed by atoms with Crippen molar-refractivity contribution in [1.29, 1.82) is 5.26 Å². The number of ether oxygens (including phenoxy) is 1. The first-order valence-corrected chi connectivity index (χ1v) is 5.82. The normalized spacial score (nSPS) is 23.3. The molecule has 1 aromatic rings. The average Bonchev–Trinajstić information content (AvgIpc) is 2.79. The largest absolute Gasteiger partial charge is 0.398 e. The summed E-state index contributed by atoms with van der Waals surface area (Å²) in [7, 11) is 1.75. The van der Waals surface area contributed by atoms with E-state index in [1.807, 2.05) is 6.07 Å². The number of nitrogens with zero attached hydrogens (tertiary/aromatic N) is 1. The van der Waals surface area contributed by atoms with Gasteiger partial charge in [-0.1, -0.05) is 0 Å². The summed E-state index contributed by atoms with van der Waals surface area (Å²) in [5.74, 6) is 0. The standard InChI is InChI=1S/C13H17N3O/c1-17-12-4-2-11(7-12)16-10-3-5-13(15)9(6-10)8-14/h3,5-6,11-12,16H,2,4,7,15H2,1H3. The van der Waals surface area contributed by atoms with Crippen LogP contribution in [-0.2, 0) is 4.74 Å². The predicted octanol–water partition coefficient (Wildman–Crippen LogP) is 2.12. The zero-order chi connectivity index (χ0) is 12.3. The summed E-state index contributed by atoms with van der Waals surface area (Å²) >= 11 is 0. The molecule has 0 bridgehead atoms. The average molecular weight is 231 g/mol. The third kappa shape index (κ3) is 2.69. The van der Waals surface area contributed by atoms with E-state index in [4.69, 9.17) is 15.7 Å². The minimum atomic E-state index is 0.358. The van der Waals surface area contributed by atoms with Gasteiger partial charge < -0.3 is 15.8 Å². The summed E-state index contributed by atoms with van der Waals surface area (Å²) in [6, 6.07) is 8.00. The number of nitriles is 1. The van der Waals surface area contributed by atoms with Crippen molar-refractivity contribution in [3.63, 3.8) is 0 Å². The van der Waals surface area contributed by atoms with Gasteiger partial charge in [-0.3, -0.25) is 0 Å². The van der Waals surface area contributed by atoms with E-state index < -0.39 is 0 Å². The van der Waals surface area contributed by atoms with Gasteiger partial charge in [-0.05, 0) is 37.5 Å². The molecule has 1 aliphatic rings. The smallest absolute Gasteiger partial charge is 0.101 e. The molecule has 0 spiro atoms. The maximum Gasteiger partial charge on any atom is 0.101 e. The van der Waals surface area contributed by atoms with Gasteiger partial charge in [-0.15, -0.1) is 0 Å². The lowest BCUT2D eigenvalue weighted by Gasteiger charge is -2.14. The van der Waals surface area contributed by atoms with Gasteiger partial charge in [-0.2, -0.15) is 5.26 Å². The van der Waals surface area contributed by atoms with Gasteiger partial charge in [0.1, 0.15) is 6.07 Å². The van der Waals surface area contributed by atoms with Crippen LogP contribution in [0.1, 0.15) is 24.8 Å². The summed E-state index contributed by atoms with van der Waals surface area (Å²) in [6.45, 7) is 0. The molecule has 90 valence electrons. The molecule has 1 fully saturated rings. The van der Waals surface area contributed by atoms with Gasteiger partial charge in [0, 0.05) is 24.5 Å². The van der Waals surface area contributed by atoms with Crippen LogP contribution in [0.2, 0.25) is 0 Å². The Labute approximate surface area is 101 Å². The van der Waals surface area contributed by atoms with E-state index in [0.717, 1.165) is 24.9 Å². The van der Waals surface area contributed by atoms with E-state index in [2.05, 4.69) is 11.4 Å². The number of nitrogens with one attached hydrogen (secondary N) is 1. The highest BCUT2D eigenvalue weighted by Gasteiger charge is 2.24. The number of rotatable bonds is 3. The van der Waals surface area contributed by atoms with Crippen LogP contribution in [0.3, 0.4) is 0 Å².